The summed E-state index contributed by atoms with van der Waals surface area (Å²) in [5.74, 6) is -0.793. The van der Waals surface area contributed by atoms with Gasteiger partial charge in [0.05, 0.1) is 0 Å². The first-order valence-electron chi connectivity index (χ1n) is 7.70. The van der Waals surface area contributed by atoms with Crippen LogP contribution in [0.2, 0.25) is 0 Å². The van der Waals surface area contributed by atoms with Crippen molar-refractivity contribution in [1.29, 1.82) is 0 Å². The van der Waals surface area contributed by atoms with E-state index in [1.54, 1.807) is 19.9 Å². The van der Waals surface area contributed by atoms with Crippen LogP contribution in [0.1, 0.15) is 21.6 Å². The SMILES string of the molecule is Cc1cc(C)c(C(=O)NCC(N2CCNCC2)C(F)(F)F)c(=O)[nH]1.Cl. The minimum atomic E-state index is -4.46. The van der Waals surface area contributed by atoms with Crippen LogP contribution >= 0.6 is 12.4 Å². The average molecular weight is 383 g/mol. The van der Waals surface area contributed by atoms with Gasteiger partial charge < -0.3 is 15.6 Å². The zero-order valence-electron chi connectivity index (χ0n) is 14.0. The van der Waals surface area contributed by atoms with Gasteiger partial charge >= 0.3 is 6.18 Å². The number of pyridine rings is 1. The molecule has 0 aromatic carbocycles. The topological polar surface area (TPSA) is 77.2 Å². The number of aromatic amines is 1. The highest BCUT2D eigenvalue weighted by Crippen LogP contribution is 2.24. The van der Waals surface area contributed by atoms with Crippen LogP contribution in [0.5, 0.6) is 0 Å². The fourth-order valence-corrected chi connectivity index (χ4v) is 2.86. The maximum absolute atomic E-state index is 13.3. The normalized spacial score (nSPS) is 16.8. The van der Waals surface area contributed by atoms with E-state index in [0.29, 0.717) is 24.3 Å². The number of carbonyl (C=O) groups is 1. The van der Waals surface area contributed by atoms with Gasteiger partial charge in [0, 0.05) is 38.4 Å². The van der Waals surface area contributed by atoms with Crippen molar-refractivity contribution in [2.75, 3.05) is 32.7 Å². The molecule has 1 aliphatic rings. The highest BCUT2D eigenvalue weighted by Gasteiger charge is 2.43. The number of amides is 1. The molecule has 1 fully saturated rings. The predicted octanol–water partition coefficient (Wildman–Crippen LogP) is 0.979. The number of hydrogen-bond donors (Lipinski definition) is 3. The minimum Gasteiger partial charge on any atom is -0.350 e. The van der Waals surface area contributed by atoms with E-state index in [9.17, 15) is 22.8 Å². The highest BCUT2D eigenvalue weighted by molar-refractivity contribution is 5.95. The molecule has 1 unspecified atom stereocenters. The number of nitrogens with zero attached hydrogens (tertiary/aromatic N) is 1. The number of carbonyl (C=O) groups excluding carboxylic acids is 1. The third kappa shape index (κ3) is 5.45. The summed E-state index contributed by atoms with van der Waals surface area (Å²) in [7, 11) is 0. The molecule has 10 heteroatoms. The smallest absolute Gasteiger partial charge is 0.350 e. The Morgan fingerprint density at radius 2 is 1.92 bits per heavy atom. The lowest BCUT2D eigenvalue weighted by atomic mass is 10.1. The third-order valence-electron chi connectivity index (χ3n) is 4.02. The predicted molar refractivity (Wildman–Crippen MR) is 90.4 cm³/mol. The summed E-state index contributed by atoms with van der Waals surface area (Å²) in [6, 6.07) is -0.165. The standard InChI is InChI=1S/C15H21F3N4O2.ClH/c1-9-7-10(2)21-14(24)12(9)13(23)20-8-11(15(16,17)18)22-5-3-19-4-6-22;/h7,11,19H,3-6,8H2,1-2H3,(H,20,23)(H,21,24);1H. The number of piperazine rings is 1. The molecule has 2 rings (SSSR count). The number of H-pyrrole nitrogens is 1. The van der Waals surface area contributed by atoms with Gasteiger partial charge in [0.25, 0.3) is 11.5 Å². The molecule has 0 spiro atoms. The second kappa shape index (κ2) is 8.68. The van der Waals surface area contributed by atoms with E-state index in [1.165, 1.54) is 4.90 Å². The Hall–Kier alpha value is -1.58. The van der Waals surface area contributed by atoms with E-state index in [1.807, 2.05) is 0 Å². The van der Waals surface area contributed by atoms with E-state index in [4.69, 9.17) is 0 Å². The maximum atomic E-state index is 13.3. The molecule has 6 nitrogen and oxygen atoms in total. The van der Waals surface area contributed by atoms with Gasteiger partial charge in [-0.25, -0.2) is 0 Å². The molecule has 2 heterocycles. The van der Waals surface area contributed by atoms with Gasteiger partial charge in [-0.1, -0.05) is 0 Å². The zero-order chi connectivity index (χ0) is 17.9. The molecule has 0 saturated carbocycles. The van der Waals surface area contributed by atoms with Crippen LogP contribution in [-0.2, 0) is 0 Å². The number of halogens is 4. The molecule has 1 aliphatic heterocycles. The maximum Gasteiger partial charge on any atom is 0.405 e. The fourth-order valence-electron chi connectivity index (χ4n) is 2.86. The van der Waals surface area contributed by atoms with E-state index < -0.39 is 30.2 Å². The molecule has 1 amide bonds. The Balaban J connectivity index is 0.00000312. The molecule has 1 aromatic rings. The molecule has 1 saturated heterocycles. The first-order valence-corrected chi connectivity index (χ1v) is 7.70. The van der Waals surface area contributed by atoms with Gasteiger partial charge in [0.15, 0.2) is 0 Å². The molecule has 1 atom stereocenters. The largest absolute Gasteiger partial charge is 0.405 e. The number of nitrogens with one attached hydrogen (secondary N) is 3. The number of hydrogen-bond acceptors (Lipinski definition) is 4. The molecule has 0 radical (unpaired) electrons. The van der Waals surface area contributed by atoms with Crippen molar-refractivity contribution in [3.05, 3.63) is 33.2 Å². The molecular formula is C15H22ClF3N4O2. The Morgan fingerprint density at radius 1 is 1.32 bits per heavy atom. The number of rotatable bonds is 4. The second-order valence-electron chi connectivity index (χ2n) is 5.89. The van der Waals surface area contributed by atoms with Gasteiger partial charge in [0.1, 0.15) is 11.6 Å². The van der Waals surface area contributed by atoms with E-state index in [2.05, 4.69) is 15.6 Å². The number of aryl methyl sites for hydroxylation is 2. The van der Waals surface area contributed by atoms with Gasteiger partial charge in [-0.15, -0.1) is 12.4 Å². The van der Waals surface area contributed by atoms with Crippen LogP contribution in [0, 0.1) is 13.8 Å². The van der Waals surface area contributed by atoms with Crippen LogP contribution in [0.3, 0.4) is 0 Å². The molecule has 142 valence electrons. The van der Waals surface area contributed by atoms with Crippen molar-refractivity contribution >= 4 is 18.3 Å². The first kappa shape index (κ1) is 21.5. The molecule has 3 N–H and O–H groups in total. The summed E-state index contributed by atoms with van der Waals surface area (Å²) in [6.45, 7) is 4.10. The minimum absolute atomic E-state index is 0. The zero-order valence-corrected chi connectivity index (χ0v) is 14.8. The van der Waals surface area contributed by atoms with Crippen molar-refractivity contribution in [2.24, 2.45) is 0 Å². The summed E-state index contributed by atoms with van der Waals surface area (Å²) in [5, 5.41) is 5.25. The Kier molecular flexibility index (Phi) is 7.45. The first-order chi connectivity index (χ1) is 11.2. The molecular weight excluding hydrogens is 361 g/mol. The van der Waals surface area contributed by atoms with Gasteiger partial charge in [-0.05, 0) is 25.5 Å². The lowest BCUT2D eigenvalue weighted by Gasteiger charge is -2.35. The van der Waals surface area contributed by atoms with Crippen molar-refractivity contribution < 1.29 is 18.0 Å². The summed E-state index contributed by atoms with van der Waals surface area (Å²) >= 11 is 0. The summed E-state index contributed by atoms with van der Waals surface area (Å²) in [4.78, 5) is 27.8. The number of aromatic nitrogens is 1. The van der Waals surface area contributed by atoms with Crippen molar-refractivity contribution in [1.82, 2.24) is 20.5 Å². The Labute approximate surface area is 149 Å². The molecule has 0 aliphatic carbocycles. The van der Waals surface area contributed by atoms with Gasteiger partial charge in [-0.3, -0.25) is 14.5 Å². The summed E-state index contributed by atoms with van der Waals surface area (Å²) < 4.78 is 39.9. The lowest BCUT2D eigenvalue weighted by molar-refractivity contribution is -0.183. The van der Waals surface area contributed by atoms with Crippen LogP contribution in [0.4, 0.5) is 13.2 Å². The number of alkyl halides is 3. The summed E-state index contributed by atoms with van der Waals surface area (Å²) in [5.41, 5.74) is 0.264. The van der Waals surface area contributed by atoms with Gasteiger partial charge in [-0.2, -0.15) is 13.2 Å². The van der Waals surface area contributed by atoms with Crippen LogP contribution in [-0.4, -0.2) is 60.7 Å². The van der Waals surface area contributed by atoms with E-state index in [0.717, 1.165) is 0 Å². The van der Waals surface area contributed by atoms with Crippen LogP contribution in [0.25, 0.3) is 0 Å². The van der Waals surface area contributed by atoms with Crippen molar-refractivity contribution in [3.63, 3.8) is 0 Å². The van der Waals surface area contributed by atoms with Crippen molar-refractivity contribution in [3.8, 4) is 0 Å². The molecule has 0 bridgehead atoms. The second-order valence-corrected chi connectivity index (χ2v) is 5.89. The molecule has 25 heavy (non-hydrogen) atoms. The van der Waals surface area contributed by atoms with Crippen molar-refractivity contribution in [2.45, 2.75) is 26.1 Å². The molecule has 1 aromatic heterocycles. The Morgan fingerprint density at radius 3 is 2.44 bits per heavy atom. The fraction of sp³-hybridized carbons (Fsp3) is 0.600. The van der Waals surface area contributed by atoms with Crippen LogP contribution in [0.15, 0.2) is 10.9 Å². The average Bonchev–Trinajstić information content (AvgIpc) is 2.46. The summed E-state index contributed by atoms with van der Waals surface area (Å²) in [6.07, 6.45) is -4.46. The Bertz CT molecular complexity index is 657. The highest BCUT2D eigenvalue weighted by atomic mass is 35.5. The van der Waals surface area contributed by atoms with Gasteiger partial charge in [0.2, 0.25) is 0 Å². The van der Waals surface area contributed by atoms with E-state index in [-0.39, 0.29) is 31.1 Å². The quantitative estimate of drug-likeness (QED) is 0.725. The monoisotopic (exact) mass is 382 g/mol. The third-order valence-corrected chi connectivity index (χ3v) is 4.02. The van der Waals surface area contributed by atoms with E-state index >= 15 is 0 Å². The lowest BCUT2D eigenvalue weighted by Crippen LogP contribution is -2.57. The van der Waals surface area contributed by atoms with Crippen LogP contribution < -0.4 is 16.2 Å².